The van der Waals surface area contributed by atoms with Crippen LogP contribution in [0.25, 0.3) is 11.4 Å². The van der Waals surface area contributed by atoms with Gasteiger partial charge in [0.2, 0.25) is 17.8 Å². The van der Waals surface area contributed by atoms with E-state index < -0.39 is 35.2 Å². The summed E-state index contributed by atoms with van der Waals surface area (Å²) in [4.78, 5) is 64.4. The van der Waals surface area contributed by atoms with Crippen LogP contribution in [0.15, 0.2) is 54.7 Å². The number of aromatic nitrogens is 3. The molecule has 3 N–H and O–H groups in total. The molecule has 6 rings (SSSR count). The Bertz CT molecular complexity index is 2290. The largest absolute Gasteiger partial charge is 0.443 e. The van der Waals surface area contributed by atoms with Crippen molar-refractivity contribution in [3.05, 3.63) is 93.8 Å². The summed E-state index contributed by atoms with van der Waals surface area (Å²) in [6, 6.07) is 12.0. The number of nitrogens with zero attached hydrogens (tertiary/aromatic N) is 6. The van der Waals surface area contributed by atoms with Crippen LogP contribution < -0.4 is 11.1 Å². The molecule has 56 heavy (non-hydrogen) atoms. The molecule has 0 saturated carbocycles. The molecule has 1 saturated heterocycles. The van der Waals surface area contributed by atoms with Crippen LogP contribution in [0.1, 0.15) is 64.6 Å². The number of hydrogen-bond acceptors (Lipinski definition) is 9. The minimum absolute atomic E-state index is 0.0124. The topological polar surface area (TPSA) is 156 Å². The number of nitrogens with one attached hydrogen (secondary N) is 1. The summed E-state index contributed by atoms with van der Waals surface area (Å²) in [6.07, 6.45) is -3.71. The van der Waals surface area contributed by atoms with Crippen molar-refractivity contribution in [1.82, 2.24) is 29.2 Å². The highest BCUT2D eigenvalue weighted by molar-refractivity contribution is 6.05. The van der Waals surface area contributed by atoms with Gasteiger partial charge >= 0.3 is 12.3 Å². The Morgan fingerprint density at radius 1 is 1.00 bits per heavy atom. The van der Waals surface area contributed by atoms with Gasteiger partial charge in [-0.05, 0) is 69.3 Å². The highest BCUT2D eigenvalue weighted by Gasteiger charge is 2.36. The number of carbonyl (C=O) groups is 4. The Balaban J connectivity index is 1.18. The molecule has 2 aliphatic heterocycles. The van der Waals surface area contributed by atoms with Gasteiger partial charge in [0.25, 0.3) is 5.91 Å². The zero-order valence-electron chi connectivity index (χ0n) is 31.6. The molecule has 2 aromatic heterocycles. The SMILES string of the molecule is CN1CCN(Cc2ccc(NC(=O)Cc3cccc(C#Cc4cnc(N)nc4-c4cc5c(n4C)CCN(C(=O)OC(C)(C)C)C5=O)c3)cc2C(F)(F)F)C(=O)C1. The lowest BCUT2D eigenvalue weighted by atomic mass is 10.0. The molecule has 1 fully saturated rings. The monoisotopic (exact) mass is 770 g/mol. The molecule has 2 aliphatic rings. The molecule has 4 amide bonds. The zero-order valence-corrected chi connectivity index (χ0v) is 31.6. The van der Waals surface area contributed by atoms with E-state index in [4.69, 9.17) is 10.5 Å². The molecule has 292 valence electrons. The molecule has 0 bridgehead atoms. The van der Waals surface area contributed by atoms with Gasteiger partial charge in [-0.25, -0.2) is 19.7 Å². The third-order valence-electron chi connectivity index (χ3n) is 9.27. The maximum Gasteiger partial charge on any atom is 0.417 e. The number of carbonyl (C=O) groups excluding carboxylic acids is 4. The van der Waals surface area contributed by atoms with E-state index in [-0.39, 0.29) is 49.2 Å². The molecule has 0 aliphatic carbocycles. The highest BCUT2D eigenvalue weighted by Crippen LogP contribution is 2.35. The summed E-state index contributed by atoms with van der Waals surface area (Å²) in [7, 11) is 3.56. The number of alkyl halides is 3. The average molecular weight is 771 g/mol. The molecule has 4 aromatic rings. The highest BCUT2D eigenvalue weighted by atomic mass is 19.4. The first kappa shape index (κ1) is 39.5. The Kier molecular flexibility index (Phi) is 10.9. The van der Waals surface area contributed by atoms with Crippen molar-refractivity contribution in [2.75, 3.05) is 44.3 Å². The van der Waals surface area contributed by atoms with E-state index in [1.807, 2.05) is 9.47 Å². The van der Waals surface area contributed by atoms with Crippen LogP contribution >= 0.6 is 0 Å². The van der Waals surface area contributed by atoms with Gasteiger partial charge in [0.15, 0.2) is 0 Å². The Morgan fingerprint density at radius 2 is 1.77 bits per heavy atom. The number of amides is 4. The van der Waals surface area contributed by atoms with Crippen LogP contribution in [-0.2, 0) is 46.9 Å². The number of halogens is 3. The number of piperazine rings is 1. The third-order valence-corrected chi connectivity index (χ3v) is 9.27. The fourth-order valence-corrected chi connectivity index (χ4v) is 6.54. The summed E-state index contributed by atoms with van der Waals surface area (Å²) in [5.41, 5.74) is 7.64. The fourth-order valence-electron chi connectivity index (χ4n) is 6.54. The quantitative estimate of drug-likeness (QED) is 0.261. The predicted molar refractivity (Wildman–Crippen MR) is 201 cm³/mol. The van der Waals surface area contributed by atoms with Gasteiger partial charge in [-0.15, -0.1) is 0 Å². The fraction of sp³-hybridized carbons (Fsp3) is 0.350. The summed E-state index contributed by atoms with van der Waals surface area (Å²) in [6.45, 7) is 6.14. The molecule has 0 radical (unpaired) electrons. The lowest BCUT2D eigenvalue weighted by molar-refractivity contribution is -0.141. The normalized spacial score (nSPS) is 14.9. The summed E-state index contributed by atoms with van der Waals surface area (Å²) in [5, 5.41) is 2.56. The number of fused-ring (bicyclic) bond motifs is 1. The minimum Gasteiger partial charge on any atom is -0.443 e. The van der Waals surface area contributed by atoms with Gasteiger partial charge in [0.05, 0.1) is 35.3 Å². The van der Waals surface area contributed by atoms with Crippen molar-refractivity contribution < 1.29 is 37.1 Å². The second-order valence-electron chi connectivity index (χ2n) is 14.7. The number of nitrogen functional groups attached to an aromatic ring is 1. The lowest BCUT2D eigenvalue weighted by Gasteiger charge is -2.32. The molecule has 0 unspecified atom stereocenters. The van der Waals surface area contributed by atoms with Crippen molar-refractivity contribution in [2.24, 2.45) is 7.05 Å². The van der Waals surface area contributed by atoms with Crippen molar-refractivity contribution >= 4 is 35.5 Å². The van der Waals surface area contributed by atoms with E-state index in [1.165, 1.54) is 23.2 Å². The van der Waals surface area contributed by atoms with Gasteiger partial charge in [0, 0.05) is 62.8 Å². The first-order chi connectivity index (χ1) is 26.4. The molecule has 4 heterocycles. The maximum absolute atomic E-state index is 14.1. The first-order valence-corrected chi connectivity index (χ1v) is 17.8. The second-order valence-corrected chi connectivity index (χ2v) is 14.7. The van der Waals surface area contributed by atoms with Gasteiger partial charge in [-0.1, -0.05) is 30.0 Å². The van der Waals surface area contributed by atoms with E-state index in [0.29, 0.717) is 58.8 Å². The smallest absolute Gasteiger partial charge is 0.417 e. The van der Waals surface area contributed by atoms with Crippen molar-refractivity contribution in [3.8, 4) is 23.2 Å². The summed E-state index contributed by atoms with van der Waals surface area (Å²) < 4.78 is 49.5. The predicted octanol–water partition coefficient (Wildman–Crippen LogP) is 4.87. The van der Waals surface area contributed by atoms with Crippen molar-refractivity contribution in [2.45, 2.75) is 51.9 Å². The number of imide groups is 1. The van der Waals surface area contributed by atoms with E-state index in [0.717, 1.165) is 11.0 Å². The maximum atomic E-state index is 14.1. The Morgan fingerprint density at radius 3 is 2.48 bits per heavy atom. The number of hydrogen-bond donors (Lipinski definition) is 2. The summed E-state index contributed by atoms with van der Waals surface area (Å²) in [5.74, 6) is 4.82. The zero-order chi connectivity index (χ0) is 40.5. The number of likely N-dealkylation sites (N-methyl/N-ethyl adjacent to an activating group) is 1. The van der Waals surface area contributed by atoms with Gasteiger partial charge < -0.3 is 25.3 Å². The number of rotatable bonds is 6. The van der Waals surface area contributed by atoms with Gasteiger partial charge in [-0.3, -0.25) is 19.3 Å². The molecule has 0 atom stereocenters. The first-order valence-electron chi connectivity index (χ1n) is 17.8. The molecule has 16 heteroatoms. The third kappa shape index (κ3) is 9.01. The Labute approximate surface area is 321 Å². The number of benzene rings is 2. The number of nitrogens with two attached hydrogens (primary N) is 1. The van der Waals surface area contributed by atoms with Crippen LogP contribution in [0.2, 0.25) is 0 Å². The molecule has 2 aromatic carbocycles. The minimum atomic E-state index is -4.70. The van der Waals surface area contributed by atoms with Crippen LogP contribution in [-0.4, -0.2) is 91.9 Å². The van der Waals surface area contributed by atoms with Crippen LogP contribution in [0.3, 0.4) is 0 Å². The Hall–Kier alpha value is -6.21. The summed E-state index contributed by atoms with van der Waals surface area (Å²) >= 11 is 0. The van der Waals surface area contributed by atoms with E-state index in [9.17, 15) is 32.3 Å². The molecular weight excluding hydrogens is 729 g/mol. The van der Waals surface area contributed by atoms with Crippen molar-refractivity contribution in [1.29, 1.82) is 0 Å². The number of anilines is 2. The van der Waals surface area contributed by atoms with Crippen LogP contribution in [0.5, 0.6) is 0 Å². The van der Waals surface area contributed by atoms with Gasteiger partial charge in [0.1, 0.15) is 11.3 Å². The average Bonchev–Trinajstić information content (AvgIpc) is 3.45. The van der Waals surface area contributed by atoms with Crippen LogP contribution in [0, 0.1) is 11.8 Å². The lowest BCUT2D eigenvalue weighted by Crippen LogP contribution is -2.48. The van der Waals surface area contributed by atoms with Crippen LogP contribution in [0.4, 0.5) is 29.6 Å². The van der Waals surface area contributed by atoms with Gasteiger partial charge in [-0.2, -0.15) is 13.2 Å². The van der Waals surface area contributed by atoms with E-state index >= 15 is 0 Å². The second kappa shape index (κ2) is 15.5. The standard InChI is InChI=1S/C40H41F3N8O5/c1-39(2,3)56-38(55)51-14-13-31-29(36(51)54)20-32(49(31)5)35-26(21-45-37(44)47-35)10-9-24-7-6-8-25(17-24)18-33(52)46-28-12-11-27(30(19-28)40(41,42)43)22-50-16-15-48(4)23-34(50)53/h6-8,11-12,17,19-21H,13-16,18,22-23H2,1-5H3,(H,46,52)(H2,44,45,47). The van der Waals surface area contributed by atoms with E-state index in [2.05, 4.69) is 27.1 Å². The number of ether oxygens (including phenoxy) is 1. The molecule has 13 nitrogen and oxygen atoms in total. The van der Waals surface area contributed by atoms with Crippen molar-refractivity contribution in [3.63, 3.8) is 0 Å². The molecule has 0 spiro atoms. The molecular formula is C40H41F3N8O5. The van der Waals surface area contributed by atoms with E-state index in [1.54, 1.807) is 65.2 Å².